The summed E-state index contributed by atoms with van der Waals surface area (Å²) in [7, 11) is 0. The molecule has 0 aromatic heterocycles. The predicted molar refractivity (Wildman–Crippen MR) is 61.1 cm³/mol. The third-order valence-corrected chi connectivity index (χ3v) is 2.50. The van der Waals surface area contributed by atoms with Crippen molar-refractivity contribution in [3.63, 3.8) is 0 Å². The maximum Gasteiger partial charge on any atom is 0.264 e. The van der Waals surface area contributed by atoms with Gasteiger partial charge in [0.15, 0.2) is 0 Å². The van der Waals surface area contributed by atoms with Gasteiger partial charge in [-0.1, -0.05) is 23.4 Å². The third-order valence-electron chi connectivity index (χ3n) is 2.50. The van der Waals surface area contributed by atoms with E-state index in [0.29, 0.717) is 24.2 Å². The highest BCUT2D eigenvalue weighted by Crippen LogP contribution is 2.18. The number of oxime groups is 1. The van der Waals surface area contributed by atoms with Crippen molar-refractivity contribution in [2.75, 3.05) is 6.54 Å². The van der Waals surface area contributed by atoms with Crippen LogP contribution in [0.1, 0.15) is 18.9 Å². The fourth-order valence-electron chi connectivity index (χ4n) is 1.66. The molecule has 1 aromatic carbocycles. The van der Waals surface area contributed by atoms with Crippen LogP contribution in [0.5, 0.6) is 0 Å². The van der Waals surface area contributed by atoms with Gasteiger partial charge in [0.1, 0.15) is 5.82 Å². The second kappa shape index (κ2) is 4.95. The van der Waals surface area contributed by atoms with Gasteiger partial charge in [-0.25, -0.2) is 4.39 Å². The molecule has 1 heterocycles. The van der Waals surface area contributed by atoms with E-state index in [0.717, 1.165) is 0 Å². The molecule has 2 rings (SSSR count). The molecule has 4 nitrogen and oxygen atoms in total. The van der Waals surface area contributed by atoms with E-state index in [-0.39, 0.29) is 11.7 Å². The van der Waals surface area contributed by atoms with Gasteiger partial charge in [0.2, 0.25) is 6.10 Å². The van der Waals surface area contributed by atoms with Crippen LogP contribution in [0, 0.1) is 5.82 Å². The van der Waals surface area contributed by atoms with Gasteiger partial charge in [-0.3, -0.25) is 4.79 Å². The zero-order chi connectivity index (χ0) is 12.3. The number of benzene rings is 1. The standard InChI is InChI=1S/C12H13FN2O2/c1-2-14-12(16)11-7-10(15-17-11)8-5-3-4-6-9(8)13/h3-6,11H,2,7H2,1H3,(H,14,16)/t11-/m1/s1. The fourth-order valence-corrected chi connectivity index (χ4v) is 1.66. The van der Waals surface area contributed by atoms with Crippen molar-refractivity contribution in [2.45, 2.75) is 19.4 Å². The Labute approximate surface area is 98.5 Å². The van der Waals surface area contributed by atoms with Crippen molar-refractivity contribution in [3.8, 4) is 0 Å². The number of hydrogen-bond donors (Lipinski definition) is 1. The molecule has 0 spiro atoms. The number of halogens is 1. The Balaban J connectivity index is 2.08. The molecular formula is C12H13FN2O2. The van der Waals surface area contributed by atoms with E-state index < -0.39 is 6.10 Å². The molecular weight excluding hydrogens is 223 g/mol. The van der Waals surface area contributed by atoms with Crippen LogP contribution >= 0.6 is 0 Å². The van der Waals surface area contributed by atoms with Crippen molar-refractivity contribution in [1.29, 1.82) is 0 Å². The minimum Gasteiger partial charge on any atom is -0.382 e. The van der Waals surface area contributed by atoms with Crippen LogP contribution < -0.4 is 5.32 Å². The zero-order valence-electron chi connectivity index (χ0n) is 9.44. The average molecular weight is 236 g/mol. The van der Waals surface area contributed by atoms with Crippen LogP contribution in [0.3, 0.4) is 0 Å². The molecule has 0 bridgehead atoms. The normalized spacial score (nSPS) is 18.5. The number of hydrogen-bond acceptors (Lipinski definition) is 3. The molecule has 1 aliphatic rings. The molecule has 1 aromatic rings. The Bertz CT molecular complexity index is 460. The van der Waals surface area contributed by atoms with E-state index >= 15 is 0 Å². The summed E-state index contributed by atoms with van der Waals surface area (Å²) < 4.78 is 13.5. The number of carbonyl (C=O) groups excluding carboxylic acids is 1. The third kappa shape index (κ3) is 2.43. The van der Waals surface area contributed by atoms with Gasteiger partial charge < -0.3 is 10.2 Å². The van der Waals surface area contributed by atoms with Gasteiger partial charge in [-0.05, 0) is 13.0 Å². The van der Waals surface area contributed by atoms with Gasteiger partial charge in [-0.15, -0.1) is 0 Å². The molecule has 17 heavy (non-hydrogen) atoms. The Hall–Kier alpha value is -1.91. The zero-order valence-corrected chi connectivity index (χ0v) is 9.44. The van der Waals surface area contributed by atoms with E-state index in [2.05, 4.69) is 10.5 Å². The van der Waals surface area contributed by atoms with E-state index in [1.807, 2.05) is 6.92 Å². The first kappa shape index (κ1) is 11.6. The summed E-state index contributed by atoms with van der Waals surface area (Å²) in [5.74, 6) is -0.575. The molecule has 0 saturated carbocycles. The fraction of sp³-hybridized carbons (Fsp3) is 0.333. The highest BCUT2D eigenvalue weighted by Gasteiger charge is 2.29. The summed E-state index contributed by atoms with van der Waals surface area (Å²) in [5.41, 5.74) is 0.860. The number of amides is 1. The molecule has 1 N–H and O–H groups in total. The van der Waals surface area contributed by atoms with Gasteiger partial charge in [-0.2, -0.15) is 0 Å². The van der Waals surface area contributed by atoms with Crippen LogP contribution in [0.4, 0.5) is 4.39 Å². The lowest BCUT2D eigenvalue weighted by Crippen LogP contribution is -2.34. The summed E-state index contributed by atoms with van der Waals surface area (Å²) in [6.45, 7) is 2.36. The number of carbonyl (C=O) groups is 1. The first-order valence-electron chi connectivity index (χ1n) is 5.47. The van der Waals surface area contributed by atoms with E-state index in [4.69, 9.17) is 4.84 Å². The van der Waals surface area contributed by atoms with Crippen molar-refractivity contribution in [1.82, 2.24) is 5.32 Å². The first-order chi connectivity index (χ1) is 8.22. The summed E-state index contributed by atoms with van der Waals surface area (Å²) in [5, 5.41) is 6.41. The maximum absolute atomic E-state index is 13.5. The lowest BCUT2D eigenvalue weighted by atomic mass is 10.0. The Morgan fingerprint density at radius 2 is 2.35 bits per heavy atom. The second-order valence-electron chi connectivity index (χ2n) is 3.71. The number of nitrogens with zero attached hydrogens (tertiary/aromatic N) is 1. The first-order valence-corrected chi connectivity index (χ1v) is 5.47. The number of nitrogens with one attached hydrogen (secondary N) is 1. The van der Waals surface area contributed by atoms with Crippen molar-refractivity contribution in [2.24, 2.45) is 5.16 Å². The largest absolute Gasteiger partial charge is 0.382 e. The minimum atomic E-state index is -0.649. The molecule has 5 heteroatoms. The van der Waals surface area contributed by atoms with E-state index in [1.54, 1.807) is 18.2 Å². The molecule has 0 aliphatic carbocycles. The molecule has 1 atom stereocenters. The van der Waals surface area contributed by atoms with Crippen molar-refractivity contribution < 1.29 is 14.0 Å². The van der Waals surface area contributed by atoms with Gasteiger partial charge in [0, 0.05) is 18.5 Å². The van der Waals surface area contributed by atoms with Crippen LogP contribution in [0.25, 0.3) is 0 Å². The maximum atomic E-state index is 13.5. The van der Waals surface area contributed by atoms with Crippen LogP contribution in [-0.2, 0) is 9.63 Å². The molecule has 90 valence electrons. The highest BCUT2D eigenvalue weighted by atomic mass is 19.1. The van der Waals surface area contributed by atoms with Crippen molar-refractivity contribution >= 4 is 11.6 Å². The van der Waals surface area contributed by atoms with E-state index in [1.165, 1.54) is 6.07 Å². The van der Waals surface area contributed by atoms with Gasteiger partial charge in [0.05, 0.1) is 5.71 Å². The van der Waals surface area contributed by atoms with Crippen LogP contribution in [-0.4, -0.2) is 24.3 Å². The predicted octanol–water partition coefficient (Wildman–Crippen LogP) is 1.45. The highest BCUT2D eigenvalue weighted by molar-refractivity contribution is 6.04. The summed E-state index contributed by atoms with van der Waals surface area (Å²) in [4.78, 5) is 16.5. The second-order valence-corrected chi connectivity index (χ2v) is 3.71. The van der Waals surface area contributed by atoms with Gasteiger partial charge >= 0.3 is 0 Å². The Kier molecular flexibility index (Phi) is 3.37. The molecule has 1 amide bonds. The molecule has 0 radical (unpaired) electrons. The Morgan fingerprint density at radius 3 is 3.06 bits per heavy atom. The average Bonchev–Trinajstić information content (AvgIpc) is 2.79. The lowest BCUT2D eigenvalue weighted by molar-refractivity contribution is -0.131. The van der Waals surface area contributed by atoms with Crippen molar-refractivity contribution in [3.05, 3.63) is 35.6 Å². The lowest BCUT2D eigenvalue weighted by Gasteiger charge is -2.07. The molecule has 1 aliphatic heterocycles. The Morgan fingerprint density at radius 1 is 1.59 bits per heavy atom. The van der Waals surface area contributed by atoms with Crippen LogP contribution in [0.2, 0.25) is 0 Å². The number of rotatable bonds is 3. The molecule has 0 unspecified atom stereocenters. The number of likely N-dealkylation sites (N-methyl/N-ethyl adjacent to an activating group) is 1. The minimum absolute atomic E-state index is 0.220. The monoisotopic (exact) mass is 236 g/mol. The van der Waals surface area contributed by atoms with E-state index in [9.17, 15) is 9.18 Å². The topological polar surface area (TPSA) is 50.7 Å². The molecule has 0 saturated heterocycles. The summed E-state index contributed by atoms with van der Waals surface area (Å²) in [6.07, 6.45) is -0.350. The molecule has 0 fully saturated rings. The summed E-state index contributed by atoms with van der Waals surface area (Å²) >= 11 is 0. The smallest absolute Gasteiger partial charge is 0.264 e. The van der Waals surface area contributed by atoms with Gasteiger partial charge in [0.25, 0.3) is 5.91 Å². The SMILES string of the molecule is CCNC(=O)[C@H]1CC(c2ccccc2F)=NO1. The van der Waals surface area contributed by atoms with Crippen LogP contribution in [0.15, 0.2) is 29.4 Å². The quantitative estimate of drug-likeness (QED) is 0.863. The summed E-state index contributed by atoms with van der Waals surface area (Å²) in [6, 6.07) is 6.31.